The van der Waals surface area contributed by atoms with Crippen molar-refractivity contribution < 1.29 is 24.2 Å². The molecule has 7 rings (SSSR count). The molecule has 5 saturated carbocycles. The minimum absolute atomic E-state index is 0.0298. The smallest absolute Gasteiger partial charge is 0.309 e. The van der Waals surface area contributed by atoms with E-state index in [4.69, 9.17) is 4.74 Å². The molecule has 0 heterocycles. The Morgan fingerprint density at radius 3 is 2.17 bits per heavy atom. The van der Waals surface area contributed by atoms with Gasteiger partial charge in [-0.2, -0.15) is 0 Å². The first-order valence-electron chi connectivity index (χ1n) is 21.2. The van der Waals surface area contributed by atoms with E-state index in [2.05, 4.69) is 91.0 Å². The number of allylic oxidation sites excluding steroid dienone is 2. The van der Waals surface area contributed by atoms with Crippen LogP contribution in [0.4, 0.5) is 0 Å². The van der Waals surface area contributed by atoms with Crippen molar-refractivity contribution in [1.82, 2.24) is 5.32 Å². The zero-order chi connectivity index (χ0) is 38.5. The second kappa shape index (κ2) is 13.1. The first-order chi connectivity index (χ1) is 24.7. The molecule has 0 amide bonds. The number of ketones is 1. The molecule has 0 bridgehead atoms. The van der Waals surface area contributed by atoms with Crippen LogP contribution >= 0.6 is 0 Å². The van der Waals surface area contributed by atoms with Crippen LogP contribution in [0.1, 0.15) is 151 Å². The van der Waals surface area contributed by atoms with E-state index >= 15 is 0 Å². The molecule has 0 aliphatic heterocycles. The maximum absolute atomic E-state index is 14.1. The average Bonchev–Trinajstić information content (AvgIpc) is 3.38. The molecule has 6 heteroatoms. The number of esters is 1. The van der Waals surface area contributed by atoms with E-state index in [0.29, 0.717) is 36.4 Å². The van der Waals surface area contributed by atoms with Crippen molar-refractivity contribution in [1.29, 1.82) is 0 Å². The van der Waals surface area contributed by atoms with Crippen molar-refractivity contribution in [3.8, 4) is 0 Å². The van der Waals surface area contributed by atoms with Gasteiger partial charge in [0.1, 0.15) is 6.10 Å². The maximum atomic E-state index is 14.1. The van der Waals surface area contributed by atoms with Gasteiger partial charge in [-0.3, -0.25) is 14.4 Å². The molecule has 0 aromatic heterocycles. The molecule has 5 fully saturated rings. The summed E-state index contributed by atoms with van der Waals surface area (Å²) in [5.74, 6) is 0.271. The summed E-state index contributed by atoms with van der Waals surface area (Å²) in [6.45, 7) is 24.0. The Hall–Kier alpha value is -2.47. The molecule has 6 aliphatic carbocycles. The molecule has 1 aromatic carbocycles. The van der Waals surface area contributed by atoms with E-state index in [-0.39, 0.29) is 57.0 Å². The largest absolute Gasteiger partial charge is 0.481 e. The number of aliphatic carboxylic acids is 1. The number of hydrogen-bond acceptors (Lipinski definition) is 5. The molecule has 1 aromatic rings. The van der Waals surface area contributed by atoms with E-state index in [1.807, 2.05) is 13.8 Å². The Bertz CT molecular complexity index is 1660. The molecule has 0 spiro atoms. The van der Waals surface area contributed by atoms with Gasteiger partial charge in [-0.25, -0.2) is 0 Å². The third-order valence-electron chi connectivity index (χ3n) is 18.0. The Kier molecular flexibility index (Phi) is 9.55. The highest BCUT2D eigenvalue weighted by atomic mass is 16.5. The summed E-state index contributed by atoms with van der Waals surface area (Å²) in [5.41, 5.74) is 3.70. The Morgan fingerprint density at radius 2 is 1.53 bits per heavy atom. The summed E-state index contributed by atoms with van der Waals surface area (Å²) in [4.78, 5) is 39.5. The topological polar surface area (TPSA) is 92.7 Å². The van der Waals surface area contributed by atoms with Crippen molar-refractivity contribution >= 4 is 17.7 Å². The van der Waals surface area contributed by atoms with Gasteiger partial charge in [-0.15, -0.1) is 0 Å². The van der Waals surface area contributed by atoms with Crippen molar-refractivity contribution in [2.75, 3.05) is 6.54 Å². The van der Waals surface area contributed by atoms with Crippen molar-refractivity contribution in [3.63, 3.8) is 0 Å². The van der Waals surface area contributed by atoms with Gasteiger partial charge in [0.05, 0.1) is 11.8 Å². The second-order valence-electron chi connectivity index (χ2n) is 21.1. The number of rotatable bonds is 9. The summed E-state index contributed by atoms with van der Waals surface area (Å²) in [5, 5.41) is 13.5. The third kappa shape index (κ3) is 5.67. The molecule has 0 radical (unpaired) electrons. The van der Waals surface area contributed by atoms with Gasteiger partial charge in [-0.05, 0) is 134 Å². The molecular weight excluding hydrogens is 659 g/mol. The Labute approximate surface area is 320 Å². The second-order valence-corrected chi connectivity index (χ2v) is 21.1. The summed E-state index contributed by atoms with van der Waals surface area (Å²) in [6.07, 6.45) is 10.8. The normalized spacial score (nSPS) is 41.8. The zero-order valence-corrected chi connectivity index (χ0v) is 34.6. The van der Waals surface area contributed by atoms with Gasteiger partial charge in [0.25, 0.3) is 0 Å². The average molecular weight is 728 g/mol. The Morgan fingerprint density at radius 1 is 0.830 bits per heavy atom. The standard InChI is InChI=1S/C47H69NO5/c1-28(2)38-34(49)27-47(24-25-48-29(3)30-14-12-11-13-15-30)23-22-45(9)31(39(38)47)16-17-36-44(8)20-19-37(43(6,7)35(44)18-21-46(36,45)10)53-41(52)33-26-32(40(50)51)42(33,4)5/h11-15,28-29,31-33,35-37,48H,16-27H2,1-10H3,(H,50,51)/t29-,31+,32-,33+,35-,36+,37-,44-,45+,46+,47+/m0/s1. The number of hydrogen-bond donors (Lipinski definition) is 2. The van der Waals surface area contributed by atoms with E-state index in [1.54, 1.807) is 5.57 Å². The number of ether oxygens (including phenoxy) is 1. The zero-order valence-electron chi connectivity index (χ0n) is 34.6. The van der Waals surface area contributed by atoms with Gasteiger partial charge in [-0.1, -0.05) is 98.2 Å². The monoisotopic (exact) mass is 728 g/mol. The van der Waals surface area contributed by atoms with Gasteiger partial charge in [0, 0.05) is 23.3 Å². The fraction of sp³-hybridized carbons (Fsp3) is 0.766. The van der Waals surface area contributed by atoms with Crippen LogP contribution in [-0.4, -0.2) is 35.5 Å². The summed E-state index contributed by atoms with van der Waals surface area (Å²) < 4.78 is 6.43. The third-order valence-corrected chi connectivity index (χ3v) is 18.0. The number of carboxylic acids is 1. The molecule has 6 aliphatic rings. The minimum Gasteiger partial charge on any atom is -0.481 e. The number of carbonyl (C=O) groups is 3. The summed E-state index contributed by atoms with van der Waals surface area (Å²) >= 11 is 0. The molecule has 11 atom stereocenters. The van der Waals surface area contributed by atoms with Gasteiger partial charge in [0.2, 0.25) is 0 Å². The van der Waals surface area contributed by atoms with Gasteiger partial charge >= 0.3 is 11.9 Å². The number of benzene rings is 1. The summed E-state index contributed by atoms with van der Waals surface area (Å²) in [7, 11) is 0. The number of Topliss-reactive ketones (excluding diaryl/α,β-unsaturated/α-hetero) is 1. The summed E-state index contributed by atoms with van der Waals surface area (Å²) in [6, 6.07) is 11.0. The number of carbonyl (C=O) groups excluding carboxylic acids is 2. The molecule has 53 heavy (non-hydrogen) atoms. The molecule has 0 unspecified atom stereocenters. The van der Waals surface area contributed by atoms with Crippen LogP contribution in [0.5, 0.6) is 0 Å². The van der Waals surface area contributed by atoms with Crippen molar-refractivity contribution in [2.24, 2.45) is 68.0 Å². The van der Waals surface area contributed by atoms with Crippen LogP contribution in [0.25, 0.3) is 0 Å². The fourth-order valence-electron chi connectivity index (χ4n) is 14.6. The highest BCUT2D eigenvalue weighted by molar-refractivity contribution is 6.00. The van der Waals surface area contributed by atoms with Crippen LogP contribution in [-0.2, 0) is 19.1 Å². The molecular formula is C47H69NO5. The number of carboxylic acid groups (broad SMARTS) is 1. The highest BCUT2D eigenvalue weighted by Crippen LogP contribution is 2.77. The predicted octanol–water partition coefficient (Wildman–Crippen LogP) is 10.4. The van der Waals surface area contributed by atoms with E-state index < -0.39 is 17.3 Å². The van der Waals surface area contributed by atoms with Crippen LogP contribution in [0.15, 0.2) is 41.5 Å². The van der Waals surface area contributed by atoms with E-state index in [0.717, 1.165) is 45.1 Å². The van der Waals surface area contributed by atoms with Gasteiger partial charge in [0.15, 0.2) is 5.78 Å². The lowest BCUT2D eigenvalue weighted by atomic mass is 9.33. The van der Waals surface area contributed by atoms with Crippen molar-refractivity contribution in [3.05, 3.63) is 47.0 Å². The van der Waals surface area contributed by atoms with Gasteiger partial charge < -0.3 is 15.2 Å². The lowest BCUT2D eigenvalue weighted by Gasteiger charge is -2.72. The first kappa shape index (κ1) is 38.8. The molecule has 292 valence electrons. The van der Waals surface area contributed by atoms with Crippen molar-refractivity contribution in [2.45, 2.75) is 152 Å². The Balaban J connectivity index is 1.12. The molecule has 0 saturated heterocycles. The predicted molar refractivity (Wildman–Crippen MR) is 210 cm³/mol. The highest BCUT2D eigenvalue weighted by Gasteiger charge is 2.70. The lowest BCUT2D eigenvalue weighted by molar-refractivity contribution is -0.236. The minimum atomic E-state index is -0.813. The maximum Gasteiger partial charge on any atom is 0.309 e. The molecule has 2 N–H and O–H groups in total. The lowest BCUT2D eigenvalue weighted by Crippen LogP contribution is -2.66. The van der Waals surface area contributed by atoms with E-state index in [1.165, 1.54) is 30.4 Å². The SMILES string of the molecule is CC(C)C1=C2[C@H]3CC[C@@H]4[C@@]5(C)CC[C@H](OC(=O)[C@H]6C[C@@H](C(=O)O)C6(C)C)C(C)(C)[C@@H]5CC[C@@]4(C)[C@]3(C)CC[C@@]2(CCN[C@@H](C)c2ccccc2)CC1=O. The van der Waals surface area contributed by atoms with Crippen LogP contribution in [0.2, 0.25) is 0 Å². The molecule has 6 nitrogen and oxygen atoms in total. The number of nitrogens with one attached hydrogen (secondary N) is 1. The van der Waals surface area contributed by atoms with Crippen LogP contribution in [0.3, 0.4) is 0 Å². The van der Waals surface area contributed by atoms with E-state index in [9.17, 15) is 19.5 Å². The number of fused-ring (bicyclic) bond motifs is 7. The first-order valence-corrected chi connectivity index (χ1v) is 21.2. The fourth-order valence-corrected chi connectivity index (χ4v) is 14.6. The quantitative estimate of drug-likeness (QED) is 0.246. The van der Waals surface area contributed by atoms with Crippen LogP contribution < -0.4 is 5.32 Å². The van der Waals surface area contributed by atoms with Crippen LogP contribution in [0, 0.1) is 68.0 Å².